The minimum atomic E-state index is 1.24. The van der Waals surface area contributed by atoms with Gasteiger partial charge in [-0.3, -0.25) is 0 Å². The first-order chi connectivity index (χ1) is 3.43. The monoisotopic (exact) mass is 116 g/mol. The summed E-state index contributed by atoms with van der Waals surface area (Å²) >= 11 is 5.45. The van der Waals surface area contributed by atoms with E-state index in [1.807, 2.05) is 0 Å². The third-order valence-corrected chi connectivity index (χ3v) is 1.71. The van der Waals surface area contributed by atoms with Crippen LogP contribution in [0, 0.1) is 0 Å². The summed E-state index contributed by atoms with van der Waals surface area (Å²) in [4.78, 5) is 0. The van der Waals surface area contributed by atoms with E-state index in [-0.39, 0.29) is 0 Å². The van der Waals surface area contributed by atoms with Crippen LogP contribution in [-0.4, -0.2) is 0 Å². The molecule has 0 N–H and O–H groups in total. The molecule has 0 nitrogen and oxygen atoms in total. The van der Waals surface area contributed by atoms with Crippen molar-refractivity contribution in [2.75, 3.05) is 0 Å². The Morgan fingerprint density at radius 1 is 1.29 bits per heavy atom. The van der Waals surface area contributed by atoms with Crippen LogP contribution in [0.5, 0.6) is 0 Å². The second-order valence-corrected chi connectivity index (χ2v) is 2.19. The van der Waals surface area contributed by atoms with Crippen LogP contribution < -0.4 is 0 Å². The molecule has 0 aromatic heterocycles. The topological polar surface area (TPSA) is 0 Å². The third kappa shape index (κ3) is 1.20. The SMILES string of the molecule is ClC=C1CCCC1. The highest BCUT2D eigenvalue weighted by Crippen LogP contribution is 2.23. The normalized spacial score (nSPS) is 20.4. The molecular formula is C6H9Cl. The van der Waals surface area contributed by atoms with Gasteiger partial charge >= 0.3 is 0 Å². The van der Waals surface area contributed by atoms with E-state index in [9.17, 15) is 0 Å². The highest BCUT2D eigenvalue weighted by molar-refractivity contribution is 6.25. The largest absolute Gasteiger partial charge is 0.0930 e. The summed E-state index contributed by atoms with van der Waals surface area (Å²) in [6.07, 6.45) is 5.17. The average Bonchev–Trinajstić information content (AvgIpc) is 2.14. The Hall–Kier alpha value is 0.0300. The Morgan fingerprint density at radius 3 is 2.14 bits per heavy atom. The van der Waals surface area contributed by atoms with Crippen molar-refractivity contribution in [2.45, 2.75) is 25.7 Å². The first kappa shape index (κ1) is 5.17. The van der Waals surface area contributed by atoms with E-state index >= 15 is 0 Å². The van der Waals surface area contributed by atoms with E-state index in [4.69, 9.17) is 11.6 Å². The number of halogens is 1. The molecule has 1 aliphatic rings. The van der Waals surface area contributed by atoms with Gasteiger partial charge in [0.25, 0.3) is 0 Å². The van der Waals surface area contributed by atoms with Crippen LogP contribution >= 0.6 is 11.6 Å². The van der Waals surface area contributed by atoms with E-state index in [1.165, 1.54) is 31.3 Å². The maximum absolute atomic E-state index is 5.45. The van der Waals surface area contributed by atoms with E-state index in [0.717, 1.165) is 0 Å². The van der Waals surface area contributed by atoms with Gasteiger partial charge < -0.3 is 0 Å². The van der Waals surface area contributed by atoms with Crippen LogP contribution in [-0.2, 0) is 0 Å². The van der Waals surface area contributed by atoms with Crippen molar-refractivity contribution < 1.29 is 0 Å². The fourth-order valence-corrected chi connectivity index (χ4v) is 1.16. The zero-order valence-corrected chi connectivity index (χ0v) is 5.04. The number of hydrogen-bond acceptors (Lipinski definition) is 0. The standard InChI is InChI=1S/C6H9Cl/c7-5-6-3-1-2-4-6/h5H,1-4H2. The first-order valence-electron chi connectivity index (χ1n) is 2.71. The fourth-order valence-electron chi connectivity index (χ4n) is 0.938. The van der Waals surface area contributed by atoms with Gasteiger partial charge in [0.2, 0.25) is 0 Å². The van der Waals surface area contributed by atoms with Crippen molar-refractivity contribution in [3.05, 3.63) is 11.1 Å². The summed E-state index contributed by atoms with van der Waals surface area (Å²) < 4.78 is 0. The molecule has 0 radical (unpaired) electrons. The molecule has 0 bridgehead atoms. The molecule has 1 saturated carbocycles. The first-order valence-corrected chi connectivity index (χ1v) is 3.15. The number of rotatable bonds is 0. The van der Waals surface area contributed by atoms with Gasteiger partial charge in [-0.05, 0) is 25.7 Å². The molecule has 0 unspecified atom stereocenters. The Kier molecular flexibility index (Phi) is 1.75. The predicted molar refractivity (Wildman–Crippen MR) is 32.4 cm³/mol. The molecule has 0 atom stereocenters. The van der Waals surface area contributed by atoms with Crippen LogP contribution in [0.1, 0.15) is 25.7 Å². The lowest BCUT2D eigenvalue weighted by Gasteiger charge is -1.84. The molecule has 7 heavy (non-hydrogen) atoms. The summed E-state index contributed by atoms with van der Waals surface area (Å²) in [5.41, 5.74) is 3.16. The summed E-state index contributed by atoms with van der Waals surface area (Å²) in [6, 6.07) is 0. The van der Waals surface area contributed by atoms with E-state index < -0.39 is 0 Å². The summed E-state index contributed by atoms with van der Waals surface area (Å²) in [5, 5.41) is 0. The Labute approximate surface area is 49.2 Å². The Balaban J connectivity index is 2.41. The van der Waals surface area contributed by atoms with Gasteiger partial charge in [0.15, 0.2) is 0 Å². The molecule has 0 spiro atoms. The van der Waals surface area contributed by atoms with Crippen molar-refractivity contribution in [2.24, 2.45) is 0 Å². The third-order valence-electron chi connectivity index (χ3n) is 1.40. The summed E-state index contributed by atoms with van der Waals surface area (Å²) in [5.74, 6) is 0. The molecule has 0 saturated heterocycles. The Morgan fingerprint density at radius 2 is 1.86 bits per heavy atom. The Bertz CT molecular complexity index is 76.2. The maximum atomic E-state index is 5.45. The van der Waals surface area contributed by atoms with E-state index in [0.29, 0.717) is 0 Å². The van der Waals surface area contributed by atoms with E-state index in [2.05, 4.69) is 0 Å². The van der Waals surface area contributed by atoms with Crippen LogP contribution in [0.3, 0.4) is 0 Å². The minimum Gasteiger partial charge on any atom is -0.0930 e. The number of allylic oxidation sites excluding steroid dienone is 1. The average molecular weight is 117 g/mol. The van der Waals surface area contributed by atoms with Crippen molar-refractivity contribution in [3.8, 4) is 0 Å². The molecule has 1 fully saturated rings. The lowest BCUT2D eigenvalue weighted by atomic mass is 10.3. The van der Waals surface area contributed by atoms with Crippen molar-refractivity contribution in [3.63, 3.8) is 0 Å². The molecule has 0 aromatic carbocycles. The maximum Gasteiger partial charge on any atom is 0.00344 e. The van der Waals surface area contributed by atoms with Gasteiger partial charge in [-0.25, -0.2) is 0 Å². The molecule has 1 aliphatic carbocycles. The highest BCUT2D eigenvalue weighted by Gasteiger charge is 2.03. The minimum absolute atomic E-state index is 1.24. The predicted octanol–water partition coefficient (Wildman–Crippen LogP) is 2.68. The van der Waals surface area contributed by atoms with Crippen LogP contribution in [0.4, 0.5) is 0 Å². The molecule has 1 rings (SSSR count). The van der Waals surface area contributed by atoms with Crippen LogP contribution in [0.2, 0.25) is 0 Å². The van der Waals surface area contributed by atoms with Gasteiger partial charge in [-0.1, -0.05) is 17.2 Å². The fraction of sp³-hybridized carbons (Fsp3) is 0.667. The number of hydrogen-bond donors (Lipinski definition) is 0. The van der Waals surface area contributed by atoms with Gasteiger partial charge in [0, 0.05) is 5.54 Å². The second-order valence-electron chi connectivity index (χ2n) is 1.97. The zero-order valence-electron chi connectivity index (χ0n) is 4.28. The lowest BCUT2D eigenvalue weighted by Crippen LogP contribution is -1.63. The van der Waals surface area contributed by atoms with Crippen molar-refractivity contribution in [1.82, 2.24) is 0 Å². The molecule has 40 valence electrons. The summed E-state index contributed by atoms with van der Waals surface area (Å²) in [7, 11) is 0. The molecule has 0 heterocycles. The summed E-state index contributed by atoms with van der Waals surface area (Å²) in [6.45, 7) is 0. The highest BCUT2D eigenvalue weighted by atomic mass is 35.5. The van der Waals surface area contributed by atoms with Gasteiger partial charge in [0.05, 0.1) is 0 Å². The van der Waals surface area contributed by atoms with Crippen molar-refractivity contribution in [1.29, 1.82) is 0 Å². The quantitative estimate of drug-likeness (QED) is 0.457. The molecule has 0 aliphatic heterocycles. The lowest BCUT2D eigenvalue weighted by molar-refractivity contribution is 0.886. The second kappa shape index (κ2) is 2.37. The van der Waals surface area contributed by atoms with Crippen LogP contribution in [0.15, 0.2) is 11.1 Å². The molecule has 1 heteroatoms. The zero-order chi connectivity index (χ0) is 5.11. The van der Waals surface area contributed by atoms with Crippen molar-refractivity contribution >= 4 is 11.6 Å². The van der Waals surface area contributed by atoms with E-state index in [1.54, 1.807) is 5.54 Å². The van der Waals surface area contributed by atoms with Gasteiger partial charge in [0.1, 0.15) is 0 Å². The van der Waals surface area contributed by atoms with Crippen LogP contribution in [0.25, 0.3) is 0 Å². The van der Waals surface area contributed by atoms with Gasteiger partial charge in [-0.15, -0.1) is 0 Å². The molecule has 0 aromatic rings. The van der Waals surface area contributed by atoms with Gasteiger partial charge in [-0.2, -0.15) is 0 Å². The smallest absolute Gasteiger partial charge is 0.00344 e. The molecular weight excluding hydrogens is 108 g/mol. The molecule has 0 amide bonds.